The lowest BCUT2D eigenvalue weighted by atomic mass is 10.1. The molecule has 2 aromatic rings. The molecule has 9 nitrogen and oxygen atoms in total. The Hall–Kier alpha value is -3.44. The summed E-state index contributed by atoms with van der Waals surface area (Å²) in [6.45, 7) is 6.24. The Kier molecular flexibility index (Phi) is 11.1. The second kappa shape index (κ2) is 15.0. The monoisotopic (exact) mass is 571 g/mol. The highest BCUT2D eigenvalue weighted by Crippen LogP contribution is 2.26. The minimum absolute atomic E-state index is 0.157. The summed E-state index contributed by atoms with van der Waals surface area (Å²) in [7, 11) is 0. The molecule has 0 bridgehead atoms. The SMILES string of the molecule is CC(NC(=O)[C@@H]1CCCN1C(=O)CNC(=O)CCOCCCN1CCCC1)c1ccc(-c2c(F)cccc2F)cn1. The average molecular weight is 572 g/mol. The van der Waals surface area contributed by atoms with Crippen LogP contribution in [0.3, 0.4) is 0 Å². The minimum atomic E-state index is -0.681. The minimum Gasteiger partial charge on any atom is -0.381 e. The number of benzene rings is 1. The van der Waals surface area contributed by atoms with Crippen molar-refractivity contribution in [3.63, 3.8) is 0 Å². The molecular weight excluding hydrogens is 532 g/mol. The van der Waals surface area contributed by atoms with Crippen LogP contribution in [-0.4, -0.2) is 84.5 Å². The number of ether oxygens (including phenoxy) is 1. The van der Waals surface area contributed by atoms with Crippen LogP contribution in [0.1, 0.15) is 57.2 Å². The number of pyridine rings is 1. The van der Waals surface area contributed by atoms with E-state index >= 15 is 0 Å². The summed E-state index contributed by atoms with van der Waals surface area (Å²) in [5, 5.41) is 5.52. The quantitative estimate of drug-likeness (QED) is 0.358. The van der Waals surface area contributed by atoms with E-state index in [1.165, 1.54) is 42.1 Å². The molecule has 1 unspecified atom stereocenters. The third kappa shape index (κ3) is 8.53. The summed E-state index contributed by atoms with van der Waals surface area (Å²) in [6.07, 6.45) is 6.20. The molecule has 2 N–H and O–H groups in total. The molecule has 4 rings (SSSR count). The molecule has 0 saturated carbocycles. The fourth-order valence-electron chi connectivity index (χ4n) is 5.33. The van der Waals surface area contributed by atoms with Gasteiger partial charge in [0, 0.05) is 37.9 Å². The molecule has 1 aromatic carbocycles. The van der Waals surface area contributed by atoms with Gasteiger partial charge in [-0.3, -0.25) is 19.4 Å². The maximum atomic E-state index is 14.1. The lowest BCUT2D eigenvalue weighted by Gasteiger charge is -2.25. The third-order valence-corrected chi connectivity index (χ3v) is 7.59. The zero-order valence-corrected chi connectivity index (χ0v) is 23.5. The lowest BCUT2D eigenvalue weighted by Crippen LogP contribution is -2.49. The molecule has 0 spiro atoms. The van der Waals surface area contributed by atoms with Crippen molar-refractivity contribution in [2.45, 2.75) is 57.5 Å². The highest BCUT2D eigenvalue weighted by atomic mass is 19.1. The van der Waals surface area contributed by atoms with Crippen LogP contribution < -0.4 is 10.6 Å². The smallest absolute Gasteiger partial charge is 0.243 e. The molecule has 2 saturated heterocycles. The second-order valence-electron chi connectivity index (χ2n) is 10.6. The summed E-state index contributed by atoms with van der Waals surface area (Å²) >= 11 is 0. The van der Waals surface area contributed by atoms with E-state index in [1.807, 2.05) is 0 Å². The summed E-state index contributed by atoms with van der Waals surface area (Å²) < 4.78 is 33.7. The van der Waals surface area contributed by atoms with Crippen LogP contribution in [0.15, 0.2) is 36.5 Å². The molecule has 2 aliphatic heterocycles. The number of likely N-dealkylation sites (tertiary alicyclic amines) is 2. The van der Waals surface area contributed by atoms with Gasteiger partial charge in [-0.15, -0.1) is 0 Å². The van der Waals surface area contributed by atoms with Gasteiger partial charge in [0.05, 0.1) is 30.5 Å². The van der Waals surface area contributed by atoms with E-state index in [-0.39, 0.29) is 36.3 Å². The van der Waals surface area contributed by atoms with Gasteiger partial charge < -0.3 is 25.2 Å². The van der Waals surface area contributed by atoms with Gasteiger partial charge in [-0.05, 0) is 70.3 Å². The number of carbonyl (C=O) groups is 3. The van der Waals surface area contributed by atoms with Crippen molar-refractivity contribution in [1.82, 2.24) is 25.4 Å². The lowest BCUT2D eigenvalue weighted by molar-refractivity contribution is -0.139. The van der Waals surface area contributed by atoms with Crippen molar-refractivity contribution in [2.75, 3.05) is 45.9 Å². The van der Waals surface area contributed by atoms with Crippen molar-refractivity contribution >= 4 is 17.7 Å². The largest absolute Gasteiger partial charge is 0.381 e. The number of rotatable bonds is 13. The zero-order chi connectivity index (χ0) is 29.2. The Morgan fingerprint density at radius 2 is 1.80 bits per heavy atom. The van der Waals surface area contributed by atoms with Crippen LogP contribution in [0.2, 0.25) is 0 Å². The van der Waals surface area contributed by atoms with Gasteiger partial charge in [0.15, 0.2) is 0 Å². The van der Waals surface area contributed by atoms with Gasteiger partial charge in [-0.2, -0.15) is 0 Å². The molecule has 0 radical (unpaired) electrons. The van der Waals surface area contributed by atoms with Crippen molar-refractivity contribution < 1.29 is 27.9 Å². The van der Waals surface area contributed by atoms with E-state index < -0.39 is 23.7 Å². The normalized spacial score (nSPS) is 17.9. The Balaban J connectivity index is 1.18. The van der Waals surface area contributed by atoms with Crippen molar-refractivity contribution in [3.8, 4) is 11.1 Å². The van der Waals surface area contributed by atoms with Crippen LogP contribution in [0.25, 0.3) is 11.1 Å². The fraction of sp³-hybridized carbons (Fsp3) is 0.533. The first-order valence-corrected chi connectivity index (χ1v) is 14.4. The summed E-state index contributed by atoms with van der Waals surface area (Å²) in [4.78, 5) is 46.2. The predicted molar refractivity (Wildman–Crippen MR) is 150 cm³/mol. The molecule has 41 heavy (non-hydrogen) atoms. The molecule has 3 heterocycles. The molecule has 2 fully saturated rings. The van der Waals surface area contributed by atoms with Gasteiger partial charge in [-0.1, -0.05) is 12.1 Å². The third-order valence-electron chi connectivity index (χ3n) is 7.59. The summed E-state index contributed by atoms with van der Waals surface area (Å²) in [5.41, 5.74) is 0.651. The average Bonchev–Trinajstić information content (AvgIpc) is 3.67. The van der Waals surface area contributed by atoms with Gasteiger partial charge in [-0.25, -0.2) is 8.78 Å². The number of amides is 3. The Morgan fingerprint density at radius 3 is 2.51 bits per heavy atom. The van der Waals surface area contributed by atoms with E-state index in [4.69, 9.17) is 4.74 Å². The highest BCUT2D eigenvalue weighted by molar-refractivity contribution is 5.90. The zero-order valence-electron chi connectivity index (χ0n) is 23.5. The second-order valence-corrected chi connectivity index (χ2v) is 10.6. The van der Waals surface area contributed by atoms with Crippen LogP contribution in [0.4, 0.5) is 8.78 Å². The Bertz CT molecular complexity index is 1170. The standard InChI is InChI=1S/C30H39F2N5O4/c1-21(25-11-10-22(19-33-25)29-23(31)7-4-8-24(29)32)35-30(40)26-9-5-16-37(26)28(39)20-34-27(38)12-18-41-17-6-15-36-13-2-3-14-36/h4,7-8,10-11,19,21,26H,2-3,5-6,9,12-18,20H2,1H3,(H,34,38)(H,35,40)/t21?,26-/m0/s1. The maximum absolute atomic E-state index is 14.1. The number of aromatic nitrogens is 1. The molecule has 3 amide bonds. The van der Waals surface area contributed by atoms with Gasteiger partial charge >= 0.3 is 0 Å². The van der Waals surface area contributed by atoms with Crippen LogP contribution in [-0.2, 0) is 19.1 Å². The van der Waals surface area contributed by atoms with Crippen LogP contribution in [0, 0.1) is 11.6 Å². The fourth-order valence-corrected chi connectivity index (χ4v) is 5.33. The number of hydrogen-bond acceptors (Lipinski definition) is 6. The number of halogens is 2. The molecule has 11 heteroatoms. The predicted octanol–water partition coefficient (Wildman–Crippen LogP) is 3.20. The first-order chi connectivity index (χ1) is 19.8. The van der Waals surface area contributed by atoms with Crippen molar-refractivity contribution in [1.29, 1.82) is 0 Å². The molecule has 1 aromatic heterocycles. The Morgan fingerprint density at radius 1 is 1.05 bits per heavy atom. The van der Waals surface area contributed by atoms with E-state index in [9.17, 15) is 23.2 Å². The molecule has 222 valence electrons. The Labute approximate surface area is 239 Å². The molecule has 2 aliphatic rings. The van der Waals surface area contributed by atoms with Crippen molar-refractivity contribution in [2.24, 2.45) is 0 Å². The number of hydrogen-bond donors (Lipinski definition) is 2. The first-order valence-electron chi connectivity index (χ1n) is 14.4. The molecule has 2 atom stereocenters. The number of nitrogens with zero attached hydrogens (tertiary/aromatic N) is 3. The maximum Gasteiger partial charge on any atom is 0.243 e. The number of carbonyl (C=O) groups excluding carboxylic acids is 3. The van der Waals surface area contributed by atoms with E-state index in [1.54, 1.807) is 19.1 Å². The van der Waals surface area contributed by atoms with Gasteiger partial charge in [0.1, 0.15) is 17.7 Å². The number of nitrogens with one attached hydrogen (secondary N) is 2. The van der Waals surface area contributed by atoms with Crippen LogP contribution >= 0.6 is 0 Å². The topological polar surface area (TPSA) is 104 Å². The molecular formula is C30H39F2N5O4. The van der Waals surface area contributed by atoms with Gasteiger partial charge in [0.2, 0.25) is 17.7 Å². The van der Waals surface area contributed by atoms with E-state index in [2.05, 4.69) is 20.5 Å². The van der Waals surface area contributed by atoms with E-state index in [0.717, 1.165) is 26.1 Å². The molecule has 0 aliphatic carbocycles. The first kappa shape index (κ1) is 30.5. The van der Waals surface area contributed by atoms with E-state index in [0.29, 0.717) is 43.9 Å². The summed E-state index contributed by atoms with van der Waals surface area (Å²) in [6, 6.07) is 5.69. The summed E-state index contributed by atoms with van der Waals surface area (Å²) in [5.74, 6) is -2.26. The van der Waals surface area contributed by atoms with Crippen LogP contribution in [0.5, 0.6) is 0 Å². The van der Waals surface area contributed by atoms with Crippen molar-refractivity contribution in [3.05, 3.63) is 53.9 Å². The van der Waals surface area contributed by atoms with Gasteiger partial charge in [0.25, 0.3) is 0 Å². The highest BCUT2D eigenvalue weighted by Gasteiger charge is 2.34.